The van der Waals surface area contributed by atoms with Gasteiger partial charge in [-0.25, -0.2) is 13.6 Å². The predicted octanol–water partition coefficient (Wildman–Crippen LogP) is 2.40. The summed E-state index contributed by atoms with van der Waals surface area (Å²) in [5.41, 5.74) is 2.49. The number of sulfonamides is 1. The molecule has 2 aromatic rings. The Morgan fingerprint density at radius 3 is 2.72 bits per heavy atom. The number of nitrogens with two attached hydrogens (primary N) is 1. The summed E-state index contributed by atoms with van der Waals surface area (Å²) >= 11 is 0. The molecule has 0 fully saturated rings. The minimum Gasteiger partial charge on any atom is -0.495 e. The molecule has 0 unspecified atom stereocenters. The summed E-state index contributed by atoms with van der Waals surface area (Å²) in [7, 11) is -2.41. The van der Waals surface area contributed by atoms with Crippen LogP contribution in [0.2, 0.25) is 0 Å². The fourth-order valence-corrected chi connectivity index (χ4v) is 3.75. The third-order valence-corrected chi connectivity index (χ3v) is 5.35. The van der Waals surface area contributed by atoms with Crippen molar-refractivity contribution in [2.45, 2.75) is 30.1 Å². The van der Waals surface area contributed by atoms with Crippen LogP contribution in [0.5, 0.6) is 5.75 Å². The molecule has 1 atom stereocenters. The largest absolute Gasteiger partial charge is 0.495 e. The molecule has 7 heteroatoms. The van der Waals surface area contributed by atoms with E-state index in [1.54, 1.807) is 0 Å². The number of primary sulfonamides is 1. The van der Waals surface area contributed by atoms with E-state index in [0.717, 1.165) is 24.8 Å². The van der Waals surface area contributed by atoms with Gasteiger partial charge in [0.1, 0.15) is 5.75 Å². The Morgan fingerprint density at radius 2 is 2.00 bits per heavy atom. The maximum absolute atomic E-state index is 12.8. The molecule has 0 aliphatic heterocycles. The molecule has 25 heavy (non-hydrogen) atoms. The Kier molecular flexibility index (Phi) is 4.78. The van der Waals surface area contributed by atoms with Gasteiger partial charge >= 0.3 is 0 Å². The van der Waals surface area contributed by atoms with Gasteiger partial charge in [-0.3, -0.25) is 4.79 Å². The standard InChI is InChI=1S/C18H20N2O4S/c1-24-17-10-9-13(25(19,22)23)11-16(17)20-18(21)15-8-4-6-12-5-2-3-7-14(12)15/h2-3,5,7,9-11,15H,4,6,8H2,1H3,(H,20,21)(H2,19,22,23)/t15-/m1/s1. The number of rotatable bonds is 4. The van der Waals surface area contributed by atoms with Crippen molar-refractivity contribution in [2.24, 2.45) is 5.14 Å². The third-order valence-electron chi connectivity index (χ3n) is 4.44. The third kappa shape index (κ3) is 3.67. The van der Waals surface area contributed by atoms with Gasteiger partial charge in [0.2, 0.25) is 15.9 Å². The molecule has 0 radical (unpaired) electrons. The van der Waals surface area contributed by atoms with Crippen molar-refractivity contribution >= 4 is 21.6 Å². The number of hydrogen-bond acceptors (Lipinski definition) is 4. The van der Waals surface area contributed by atoms with Crippen molar-refractivity contribution in [2.75, 3.05) is 12.4 Å². The van der Waals surface area contributed by atoms with Crippen molar-refractivity contribution in [3.8, 4) is 5.75 Å². The van der Waals surface area contributed by atoms with Crippen LogP contribution in [0.4, 0.5) is 5.69 Å². The van der Waals surface area contributed by atoms with E-state index in [1.807, 2.05) is 24.3 Å². The summed E-state index contributed by atoms with van der Waals surface area (Å²) in [6.45, 7) is 0. The zero-order valence-corrected chi connectivity index (χ0v) is 14.7. The number of hydrogen-bond donors (Lipinski definition) is 2. The number of benzene rings is 2. The monoisotopic (exact) mass is 360 g/mol. The van der Waals surface area contributed by atoms with Crippen LogP contribution in [0, 0.1) is 0 Å². The fraction of sp³-hybridized carbons (Fsp3) is 0.278. The first kappa shape index (κ1) is 17.4. The van der Waals surface area contributed by atoms with Gasteiger partial charge in [-0.2, -0.15) is 0 Å². The quantitative estimate of drug-likeness (QED) is 0.874. The zero-order chi connectivity index (χ0) is 18.0. The van der Waals surface area contributed by atoms with Crippen LogP contribution in [-0.2, 0) is 21.2 Å². The first-order chi connectivity index (χ1) is 11.9. The molecule has 0 aromatic heterocycles. The van der Waals surface area contributed by atoms with Gasteiger partial charge in [0.05, 0.1) is 23.6 Å². The van der Waals surface area contributed by atoms with Crippen molar-refractivity contribution in [3.05, 3.63) is 53.6 Å². The van der Waals surface area contributed by atoms with E-state index in [1.165, 1.54) is 30.9 Å². The first-order valence-electron chi connectivity index (χ1n) is 7.99. The first-order valence-corrected chi connectivity index (χ1v) is 9.54. The lowest BCUT2D eigenvalue weighted by Gasteiger charge is -2.25. The van der Waals surface area contributed by atoms with Crippen LogP contribution < -0.4 is 15.2 Å². The summed E-state index contributed by atoms with van der Waals surface area (Å²) < 4.78 is 28.3. The SMILES string of the molecule is COc1ccc(S(N)(=O)=O)cc1NC(=O)[C@@H]1CCCc2ccccc21. The van der Waals surface area contributed by atoms with E-state index in [-0.39, 0.29) is 16.7 Å². The van der Waals surface area contributed by atoms with Crippen LogP contribution in [-0.4, -0.2) is 21.4 Å². The van der Waals surface area contributed by atoms with Crippen molar-refractivity contribution in [1.82, 2.24) is 0 Å². The smallest absolute Gasteiger partial charge is 0.238 e. The number of carbonyl (C=O) groups is 1. The number of aryl methyl sites for hydroxylation is 1. The Morgan fingerprint density at radius 1 is 1.24 bits per heavy atom. The normalized spacial score (nSPS) is 16.8. The summed E-state index contributed by atoms with van der Waals surface area (Å²) in [5, 5.41) is 7.97. The number of nitrogens with one attached hydrogen (secondary N) is 1. The zero-order valence-electron chi connectivity index (χ0n) is 13.9. The van der Waals surface area contributed by atoms with E-state index in [0.29, 0.717) is 11.4 Å². The van der Waals surface area contributed by atoms with Gasteiger partial charge in [0, 0.05) is 0 Å². The molecular formula is C18H20N2O4S. The number of methoxy groups -OCH3 is 1. The Balaban J connectivity index is 1.91. The van der Waals surface area contributed by atoms with Gasteiger partial charge in [-0.15, -0.1) is 0 Å². The second kappa shape index (κ2) is 6.85. The maximum atomic E-state index is 12.8. The van der Waals surface area contributed by atoms with Crippen molar-refractivity contribution in [1.29, 1.82) is 0 Å². The molecule has 3 rings (SSSR count). The molecule has 0 saturated carbocycles. The second-order valence-corrected chi connectivity index (χ2v) is 7.60. The van der Waals surface area contributed by atoms with Gasteiger partial charge in [0.15, 0.2) is 0 Å². The molecule has 1 aliphatic carbocycles. The lowest BCUT2D eigenvalue weighted by molar-refractivity contribution is -0.117. The molecule has 0 saturated heterocycles. The minimum atomic E-state index is -3.87. The summed E-state index contributed by atoms with van der Waals surface area (Å²) in [5.74, 6) is -0.0744. The molecule has 132 valence electrons. The molecule has 1 aliphatic rings. The van der Waals surface area contributed by atoms with Gasteiger partial charge in [-0.05, 0) is 48.6 Å². The molecule has 3 N–H and O–H groups in total. The average molecular weight is 360 g/mol. The molecule has 0 bridgehead atoms. The summed E-state index contributed by atoms with van der Waals surface area (Å²) in [6, 6.07) is 12.0. The highest BCUT2D eigenvalue weighted by Gasteiger charge is 2.27. The highest BCUT2D eigenvalue weighted by Crippen LogP contribution is 2.34. The van der Waals surface area contributed by atoms with Crippen LogP contribution in [0.3, 0.4) is 0 Å². The summed E-state index contributed by atoms with van der Waals surface area (Å²) in [4.78, 5) is 12.7. The van der Waals surface area contributed by atoms with E-state index in [9.17, 15) is 13.2 Å². The van der Waals surface area contributed by atoms with Crippen molar-refractivity contribution < 1.29 is 17.9 Å². The van der Waals surface area contributed by atoms with E-state index < -0.39 is 10.0 Å². The number of fused-ring (bicyclic) bond motifs is 1. The molecule has 6 nitrogen and oxygen atoms in total. The number of amides is 1. The maximum Gasteiger partial charge on any atom is 0.238 e. The van der Waals surface area contributed by atoms with E-state index in [4.69, 9.17) is 9.88 Å². The molecule has 1 amide bonds. The predicted molar refractivity (Wildman–Crippen MR) is 95.1 cm³/mol. The van der Waals surface area contributed by atoms with Gasteiger partial charge in [0.25, 0.3) is 0 Å². The molecular weight excluding hydrogens is 340 g/mol. The Bertz CT molecular complexity index is 909. The van der Waals surface area contributed by atoms with E-state index >= 15 is 0 Å². The molecule has 0 heterocycles. The Hall–Kier alpha value is -2.38. The second-order valence-electron chi connectivity index (χ2n) is 6.04. The van der Waals surface area contributed by atoms with E-state index in [2.05, 4.69) is 5.32 Å². The molecule has 0 spiro atoms. The van der Waals surface area contributed by atoms with Crippen LogP contribution in [0.25, 0.3) is 0 Å². The summed E-state index contributed by atoms with van der Waals surface area (Å²) in [6.07, 6.45) is 2.65. The minimum absolute atomic E-state index is 0.0763. The van der Waals surface area contributed by atoms with Gasteiger partial charge < -0.3 is 10.1 Å². The van der Waals surface area contributed by atoms with Crippen LogP contribution in [0.15, 0.2) is 47.4 Å². The number of carbonyl (C=O) groups excluding carboxylic acids is 1. The number of anilines is 1. The fourth-order valence-electron chi connectivity index (χ4n) is 3.21. The Labute approximate surface area is 147 Å². The highest BCUT2D eigenvalue weighted by atomic mass is 32.2. The lowest BCUT2D eigenvalue weighted by atomic mass is 9.82. The van der Waals surface area contributed by atoms with Crippen LogP contribution >= 0.6 is 0 Å². The number of ether oxygens (including phenoxy) is 1. The topological polar surface area (TPSA) is 98.5 Å². The van der Waals surface area contributed by atoms with Crippen LogP contribution in [0.1, 0.15) is 29.9 Å². The molecule has 2 aromatic carbocycles. The van der Waals surface area contributed by atoms with Gasteiger partial charge in [-0.1, -0.05) is 24.3 Å². The lowest BCUT2D eigenvalue weighted by Crippen LogP contribution is -2.25. The average Bonchev–Trinajstić information content (AvgIpc) is 2.60. The van der Waals surface area contributed by atoms with Crippen molar-refractivity contribution in [3.63, 3.8) is 0 Å². The highest BCUT2D eigenvalue weighted by molar-refractivity contribution is 7.89.